The summed E-state index contributed by atoms with van der Waals surface area (Å²) < 4.78 is 6.99. The van der Waals surface area contributed by atoms with Crippen molar-refractivity contribution in [1.82, 2.24) is 4.98 Å². The van der Waals surface area contributed by atoms with Gasteiger partial charge in [-0.1, -0.05) is 6.42 Å². The topological polar surface area (TPSA) is 46.0 Å². The highest BCUT2D eigenvalue weighted by molar-refractivity contribution is 5.69. The molecular weight excluding hydrogens is 204 g/mol. The molecule has 0 aliphatic carbocycles. The van der Waals surface area contributed by atoms with Gasteiger partial charge >= 0.3 is 5.97 Å². The minimum absolute atomic E-state index is 0.0671. The van der Waals surface area contributed by atoms with E-state index in [4.69, 9.17) is 4.74 Å². The molecule has 0 fully saturated rings. The van der Waals surface area contributed by atoms with Gasteiger partial charge in [0, 0.05) is 6.42 Å². The lowest BCUT2D eigenvalue weighted by Crippen LogP contribution is -2.30. The summed E-state index contributed by atoms with van der Waals surface area (Å²) in [6, 6.07) is 0. The molecule has 4 nitrogen and oxygen atoms in total. The van der Waals surface area contributed by atoms with Crippen molar-refractivity contribution in [2.75, 3.05) is 6.61 Å². The van der Waals surface area contributed by atoms with E-state index in [1.807, 2.05) is 25.6 Å². The zero-order chi connectivity index (χ0) is 11.6. The van der Waals surface area contributed by atoms with Crippen LogP contribution < -0.4 is 4.57 Å². The van der Waals surface area contributed by atoms with Crippen LogP contribution in [0.5, 0.6) is 0 Å². The third-order valence-electron chi connectivity index (χ3n) is 2.46. The number of rotatable bonds is 8. The van der Waals surface area contributed by atoms with E-state index in [0.717, 1.165) is 32.2 Å². The lowest BCUT2D eigenvalue weighted by Gasteiger charge is -2.01. The van der Waals surface area contributed by atoms with E-state index >= 15 is 0 Å². The molecule has 0 saturated carbocycles. The molecule has 0 aliphatic rings. The highest BCUT2D eigenvalue weighted by Gasteiger charge is 2.01. The van der Waals surface area contributed by atoms with E-state index in [1.54, 1.807) is 0 Å². The van der Waals surface area contributed by atoms with Crippen LogP contribution in [0.25, 0.3) is 0 Å². The van der Waals surface area contributed by atoms with Gasteiger partial charge in [-0.2, -0.15) is 0 Å². The van der Waals surface area contributed by atoms with Gasteiger partial charge in [-0.15, -0.1) is 0 Å². The molecule has 4 heteroatoms. The Morgan fingerprint density at radius 3 is 2.81 bits per heavy atom. The molecule has 90 valence electrons. The average Bonchev–Trinajstić information content (AvgIpc) is 2.76. The van der Waals surface area contributed by atoms with Crippen LogP contribution in [0.3, 0.4) is 0 Å². The van der Waals surface area contributed by atoms with E-state index in [2.05, 4.69) is 9.55 Å². The predicted molar refractivity (Wildman–Crippen MR) is 60.7 cm³/mol. The van der Waals surface area contributed by atoms with E-state index in [-0.39, 0.29) is 5.97 Å². The van der Waals surface area contributed by atoms with Gasteiger partial charge in [-0.05, 0) is 26.2 Å². The first-order chi connectivity index (χ1) is 7.83. The third-order valence-corrected chi connectivity index (χ3v) is 2.46. The summed E-state index contributed by atoms with van der Waals surface area (Å²) in [4.78, 5) is 14.0. The number of hydrogen-bond donors (Lipinski definition) is 1. The highest BCUT2D eigenvalue weighted by Crippen LogP contribution is 2.03. The fraction of sp³-hybridized carbons (Fsp3) is 0.667. The summed E-state index contributed by atoms with van der Waals surface area (Å²) in [5, 5.41) is 0. The van der Waals surface area contributed by atoms with Crippen molar-refractivity contribution in [1.29, 1.82) is 0 Å². The molecule has 1 rings (SSSR count). The number of aromatic amines is 1. The second-order valence-electron chi connectivity index (χ2n) is 3.82. The minimum Gasteiger partial charge on any atom is -0.466 e. The van der Waals surface area contributed by atoms with Gasteiger partial charge in [0.25, 0.3) is 0 Å². The number of unbranched alkanes of at least 4 members (excludes halogenated alkanes) is 3. The second kappa shape index (κ2) is 7.91. The normalized spacial score (nSPS) is 10.3. The molecular formula is C12H21N2O2+. The van der Waals surface area contributed by atoms with Gasteiger partial charge in [0.15, 0.2) is 0 Å². The maximum absolute atomic E-state index is 11.0. The monoisotopic (exact) mass is 225 g/mol. The fourth-order valence-corrected chi connectivity index (χ4v) is 1.61. The quantitative estimate of drug-likeness (QED) is 0.417. The van der Waals surface area contributed by atoms with Crippen LogP contribution in [-0.2, 0) is 16.1 Å². The Balaban J connectivity index is 1.90. The summed E-state index contributed by atoms with van der Waals surface area (Å²) in [5.74, 6) is -0.0671. The van der Waals surface area contributed by atoms with Crippen molar-refractivity contribution < 1.29 is 14.1 Å². The zero-order valence-electron chi connectivity index (χ0n) is 9.95. The van der Waals surface area contributed by atoms with Gasteiger partial charge in [-0.25, -0.2) is 4.57 Å². The van der Waals surface area contributed by atoms with Crippen LogP contribution in [0.15, 0.2) is 18.7 Å². The van der Waals surface area contributed by atoms with Crippen molar-refractivity contribution >= 4 is 5.97 Å². The molecule has 0 atom stereocenters. The maximum Gasteiger partial charge on any atom is 0.305 e. The van der Waals surface area contributed by atoms with E-state index in [0.29, 0.717) is 13.0 Å². The molecule has 0 aliphatic heterocycles. The summed E-state index contributed by atoms with van der Waals surface area (Å²) in [5.41, 5.74) is 0. The summed E-state index contributed by atoms with van der Waals surface area (Å²) in [6.07, 6.45) is 10.8. The summed E-state index contributed by atoms with van der Waals surface area (Å²) >= 11 is 0. The van der Waals surface area contributed by atoms with E-state index in [1.165, 1.54) is 0 Å². The van der Waals surface area contributed by atoms with Crippen molar-refractivity contribution in [3.63, 3.8) is 0 Å². The first-order valence-corrected chi connectivity index (χ1v) is 6.00. The third kappa shape index (κ3) is 5.53. The number of nitrogens with one attached hydrogen (secondary N) is 1. The van der Waals surface area contributed by atoms with Gasteiger partial charge in [0.05, 0.1) is 13.2 Å². The number of aryl methyl sites for hydroxylation is 1. The molecule has 1 N–H and O–H groups in total. The Hall–Kier alpha value is -1.32. The summed E-state index contributed by atoms with van der Waals surface area (Å²) in [7, 11) is 0. The predicted octanol–water partition coefficient (Wildman–Crippen LogP) is 1.82. The molecule has 0 spiro atoms. The van der Waals surface area contributed by atoms with E-state index < -0.39 is 0 Å². The number of carbonyl (C=O) groups is 1. The van der Waals surface area contributed by atoms with Crippen LogP contribution in [0.4, 0.5) is 0 Å². The van der Waals surface area contributed by atoms with Crippen LogP contribution in [-0.4, -0.2) is 17.6 Å². The molecule has 0 saturated heterocycles. The van der Waals surface area contributed by atoms with Crippen molar-refractivity contribution in [2.45, 2.75) is 45.6 Å². The number of carbonyl (C=O) groups excluding carboxylic acids is 1. The van der Waals surface area contributed by atoms with Crippen LogP contribution >= 0.6 is 0 Å². The Kier molecular flexibility index (Phi) is 6.30. The molecule has 16 heavy (non-hydrogen) atoms. The maximum atomic E-state index is 11.0. The standard InChI is InChI=1S/C12H20N2O2/c1-2-16-12(15)7-5-3-4-6-9-14-10-8-13-11-14/h8,10-11H,2-7,9H2,1H3/p+1. The second-order valence-corrected chi connectivity index (χ2v) is 3.82. The Morgan fingerprint density at radius 2 is 2.12 bits per heavy atom. The van der Waals surface area contributed by atoms with Crippen LogP contribution in [0, 0.1) is 0 Å². The smallest absolute Gasteiger partial charge is 0.305 e. The molecule has 1 aromatic heterocycles. The van der Waals surface area contributed by atoms with Gasteiger partial charge < -0.3 is 4.74 Å². The largest absolute Gasteiger partial charge is 0.466 e. The molecule has 1 heterocycles. The number of hydrogen-bond acceptors (Lipinski definition) is 2. The van der Waals surface area contributed by atoms with Crippen molar-refractivity contribution in [3.05, 3.63) is 18.7 Å². The molecule has 0 radical (unpaired) electrons. The lowest BCUT2D eigenvalue weighted by molar-refractivity contribution is -0.696. The van der Waals surface area contributed by atoms with Gasteiger partial charge in [-0.3, -0.25) is 9.78 Å². The zero-order valence-corrected chi connectivity index (χ0v) is 9.95. The van der Waals surface area contributed by atoms with Crippen molar-refractivity contribution in [2.24, 2.45) is 0 Å². The Morgan fingerprint density at radius 1 is 1.31 bits per heavy atom. The molecule has 0 unspecified atom stereocenters. The number of aromatic nitrogens is 2. The minimum atomic E-state index is -0.0671. The SMILES string of the molecule is CCOC(=O)CCCCCC[n+]1cc[nH]c1. The van der Waals surface area contributed by atoms with E-state index in [9.17, 15) is 4.79 Å². The van der Waals surface area contributed by atoms with Crippen LogP contribution in [0.2, 0.25) is 0 Å². The Labute approximate surface area is 96.6 Å². The number of H-pyrrole nitrogens is 1. The molecule has 1 aromatic rings. The van der Waals surface area contributed by atoms with Gasteiger partial charge in [0.2, 0.25) is 6.33 Å². The number of nitrogens with zero attached hydrogens (tertiary/aromatic N) is 1. The Bertz CT molecular complexity index is 283. The molecule has 0 aromatic carbocycles. The first kappa shape index (κ1) is 12.7. The van der Waals surface area contributed by atoms with Crippen LogP contribution in [0.1, 0.15) is 39.0 Å². The molecule has 0 amide bonds. The fourth-order valence-electron chi connectivity index (χ4n) is 1.61. The van der Waals surface area contributed by atoms with Crippen molar-refractivity contribution in [3.8, 4) is 0 Å². The first-order valence-electron chi connectivity index (χ1n) is 6.00. The lowest BCUT2D eigenvalue weighted by atomic mass is 10.1. The number of ether oxygens (including phenoxy) is 1. The number of esters is 1. The number of imidazole rings is 1. The summed E-state index contributed by atoms with van der Waals surface area (Å²) in [6.45, 7) is 3.37. The highest BCUT2D eigenvalue weighted by atomic mass is 16.5. The molecule has 0 bridgehead atoms. The van der Waals surface area contributed by atoms with Gasteiger partial charge in [0.1, 0.15) is 12.4 Å². The average molecular weight is 225 g/mol.